The van der Waals surface area contributed by atoms with Gasteiger partial charge in [-0.2, -0.15) is 0 Å². The van der Waals surface area contributed by atoms with E-state index < -0.39 is 0 Å². The maximum Gasteiger partial charge on any atom is 0.188 e. The molecule has 4 heteroatoms. The van der Waals surface area contributed by atoms with Gasteiger partial charge in [-0.05, 0) is 42.2 Å². The van der Waals surface area contributed by atoms with Gasteiger partial charge in [0.15, 0.2) is 6.79 Å². The average molecular weight is 470 g/mol. The van der Waals surface area contributed by atoms with Crippen LogP contribution in [-0.2, 0) is 17.8 Å². The first-order valence-corrected chi connectivity index (χ1v) is 12.6. The van der Waals surface area contributed by atoms with Gasteiger partial charge in [-0.25, -0.2) is 0 Å². The first-order chi connectivity index (χ1) is 16.7. The Balaban J connectivity index is 1.74. The molecule has 0 saturated heterocycles. The number of nitrogens with zero attached hydrogens (tertiary/aromatic N) is 1. The molecule has 4 aromatic carbocycles. The normalized spacial score (nSPS) is 11.1. The van der Waals surface area contributed by atoms with E-state index in [0.29, 0.717) is 8.58 Å². The summed E-state index contributed by atoms with van der Waals surface area (Å²) in [6.45, 7) is 6.24. The van der Waals surface area contributed by atoms with Crippen LogP contribution in [0.15, 0.2) is 97.1 Å². The van der Waals surface area contributed by atoms with Gasteiger partial charge in [-0.3, -0.25) is 0 Å². The molecule has 4 aromatic rings. The number of hydrogen-bond donors (Lipinski definition) is 0. The largest absolute Gasteiger partial charge is 0.467 e. The zero-order valence-electron chi connectivity index (χ0n) is 20.1. The van der Waals surface area contributed by atoms with E-state index in [2.05, 4.69) is 116 Å². The second-order valence-corrected chi connectivity index (χ2v) is 9.71. The molecule has 0 saturated carbocycles. The summed E-state index contributed by atoms with van der Waals surface area (Å²) in [6.07, 6.45) is 0. The molecule has 1 atom stereocenters. The minimum absolute atomic E-state index is 0.247. The van der Waals surface area contributed by atoms with Crippen molar-refractivity contribution < 1.29 is 9.47 Å². The van der Waals surface area contributed by atoms with Crippen LogP contribution in [0, 0.1) is 13.8 Å². The number of aryl methyl sites for hydroxylation is 2. The van der Waals surface area contributed by atoms with E-state index in [1.54, 1.807) is 7.11 Å². The summed E-state index contributed by atoms with van der Waals surface area (Å²) in [5, 5.41) is 2.55. The van der Waals surface area contributed by atoms with Gasteiger partial charge in [0.25, 0.3) is 0 Å². The second-order valence-electron chi connectivity index (χ2n) is 8.42. The van der Waals surface area contributed by atoms with Crippen molar-refractivity contribution >= 4 is 24.9 Å². The highest BCUT2D eigenvalue weighted by molar-refractivity contribution is 7.56. The molecule has 174 valence electrons. The van der Waals surface area contributed by atoms with Crippen LogP contribution in [0.2, 0.25) is 0 Å². The van der Waals surface area contributed by atoms with Gasteiger partial charge < -0.3 is 14.4 Å². The Kier molecular flexibility index (Phi) is 8.36. The van der Waals surface area contributed by atoms with Gasteiger partial charge in [0.1, 0.15) is 5.75 Å². The van der Waals surface area contributed by atoms with Crippen molar-refractivity contribution in [2.45, 2.75) is 26.9 Å². The van der Waals surface area contributed by atoms with Crippen molar-refractivity contribution in [3.8, 4) is 5.75 Å². The zero-order chi connectivity index (χ0) is 23.8. The molecule has 1 unspecified atom stereocenters. The van der Waals surface area contributed by atoms with Crippen molar-refractivity contribution in [2.24, 2.45) is 0 Å². The molecule has 0 bridgehead atoms. The van der Waals surface area contributed by atoms with Crippen molar-refractivity contribution in [3.63, 3.8) is 0 Å². The van der Waals surface area contributed by atoms with Crippen LogP contribution in [0.1, 0.15) is 22.3 Å². The highest BCUT2D eigenvalue weighted by Gasteiger charge is 2.17. The maximum absolute atomic E-state index is 5.99. The molecule has 0 N–H and O–H groups in total. The van der Waals surface area contributed by atoms with Crippen molar-refractivity contribution in [2.75, 3.05) is 18.8 Å². The number of benzene rings is 4. The van der Waals surface area contributed by atoms with E-state index in [4.69, 9.17) is 9.47 Å². The highest BCUT2D eigenvalue weighted by Crippen LogP contribution is 2.30. The fourth-order valence-corrected chi connectivity index (χ4v) is 5.59. The van der Waals surface area contributed by atoms with Gasteiger partial charge in [-0.15, -0.1) is 0 Å². The number of rotatable bonds is 10. The molecule has 0 aliphatic heterocycles. The average Bonchev–Trinajstić information content (AvgIpc) is 2.86. The quantitative estimate of drug-likeness (QED) is 0.206. The summed E-state index contributed by atoms with van der Waals surface area (Å²) >= 11 is 0. The third-order valence-corrected chi connectivity index (χ3v) is 7.38. The Hall–Kier alpha value is -3.13. The molecule has 0 amide bonds. The predicted molar refractivity (Wildman–Crippen MR) is 145 cm³/mol. The number of ether oxygens (including phenoxy) is 2. The Morgan fingerprint density at radius 1 is 0.676 bits per heavy atom. The van der Waals surface area contributed by atoms with Gasteiger partial charge in [0.2, 0.25) is 0 Å². The third kappa shape index (κ3) is 6.05. The van der Waals surface area contributed by atoms with Crippen LogP contribution >= 0.6 is 8.58 Å². The molecule has 4 rings (SSSR count). The third-order valence-electron chi connectivity index (χ3n) is 5.82. The summed E-state index contributed by atoms with van der Waals surface area (Å²) in [5.41, 5.74) is 6.29. The van der Waals surface area contributed by atoms with Crippen LogP contribution in [0.4, 0.5) is 5.69 Å². The predicted octanol–water partition coefficient (Wildman–Crippen LogP) is 6.12. The number of methoxy groups -OCH3 is 1. The number of hydrogen-bond acceptors (Lipinski definition) is 3. The summed E-state index contributed by atoms with van der Waals surface area (Å²) in [4.78, 5) is 2.49. The molecule has 3 nitrogen and oxygen atoms in total. The molecular weight excluding hydrogens is 437 g/mol. The van der Waals surface area contributed by atoms with Crippen LogP contribution in [0.5, 0.6) is 5.75 Å². The SMILES string of the molecule is COCOc1c(C)cccc1Pc1c(C)cccc1N(Cc1ccccc1)Cc1ccccc1. The Morgan fingerprint density at radius 2 is 1.26 bits per heavy atom. The van der Waals surface area contributed by atoms with Crippen molar-refractivity contribution in [3.05, 3.63) is 119 Å². The monoisotopic (exact) mass is 469 g/mol. The zero-order valence-corrected chi connectivity index (χ0v) is 21.1. The standard InChI is InChI=1S/C30H32NO2P/c1-23-12-11-19-28(29(23)33-22-32-3)34-30-24(2)13-10-18-27(30)31(20-25-14-6-4-7-15-25)21-26-16-8-5-9-17-26/h4-19,34H,20-22H2,1-3H3. The molecule has 0 radical (unpaired) electrons. The fourth-order valence-electron chi connectivity index (χ4n) is 4.11. The summed E-state index contributed by atoms with van der Waals surface area (Å²) in [5.74, 6) is 0.926. The summed E-state index contributed by atoms with van der Waals surface area (Å²) < 4.78 is 11.2. The molecule has 0 aliphatic carbocycles. The molecule has 0 aromatic heterocycles. The topological polar surface area (TPSA) is 21.7 Å². The van der Waals surface area contributed by atoms with Crippen molar-refractivity contribution in [1.82, 2.24) is 0 Å². The number of para-hydroxylation sites is 1. The first-order valence-electron chi connectivity index (χ1n) is 11.6. The van der Waals surface area contributed by atoms with Gasteiger partial charge in [0, 0.05) is 36.5 Å². The first kappa shape index (κ1) is 24.0. The Bertz CT molecular complexity index is 1150. The molecule has 0 spiro atoms. The van der Waals surface area contributed by atoms with Crippen LogP contribution < -0.4 is 20.2 Å². The second kappa shape index (κ2) is 11.8. The number of anilines is 1. The molecule has 34 heavy (non-hydrogen) atoms. The Morgan fingerprint density at radius 3 is 1.88 bits per heavy atom. The van der Waals surface area contributed by atoms with Gasteiger partial charge in [-0.1, -0.05) is 99.6 Å². The van der Waals surface area contributed by atoms with Gasteiger partial charge >= 0.3 is 0 Å². The summed E-state index contributed by atoms with van der Waals surface area (Å²) in [6, 6.07) is 34.4. The van der Waals surface area contributed by atoms with Crippen LogP contribution in [0.3, 0.4) is 0 Å². The van der Waals surface area contributed by atoms with E-state index in [0.717, 1.165) is 24.4 Å². The minimum Gasteiger partial charge on any atom is -0.467 e. The smallest absolute Gasteiger partial charge is 0.188 e. The van der Waals surface area contributed by atoms with E-state index in [-0.39, 0.29) is 6.79 Å². The lowest BCUT2D eigenvalue weighted by Crippen LogP contribution is -2.27. The van der Waals surface area contributed by atoms with Crippen LogP contribution in [0.25, 0.3) is 0 Å². The van der Waals surface area contributed by atoms with E-state index in [1.807, 2.05) is 0 Å². The molecular formula is C30H32NO2P. The van der Waals surface area contributed by atoms with Crippen molar-refractivity contribution in [1.29, 1.82) is 0 Å². The van der Waals surface area contributed by atoms with Crippen LogP contribution in [-0.4, -0.2) is 13.9 Å². The van der Waals surface area contributed by atoms with E-state index in [1.165, 1.54) is 33.0 Å². The Labute approximate surface area is 205 Å². The lowest BCUT2D eigenvalue weighted by atomic mass is 10.1. The minimum atomic E-state index is 0.247. The van der Waals surface area contributed by atoms with Gasteiger partial charge in [0.05, 0.1) is 0 Å². The van der Waals surface area contributed by atoms with E-state index in [9.17, 15) is 0 Å². The summed E-state index contributed by atoms with van der Waals surface area (Å²) in [7, 11) is 2.13. The lowest BCUT2D eigenvalue weighted by Gasteiger charge is -2.29. The fraction of sp³-hybridized carbons (Fsp3) is 0.200. The molecule has 0 aliphatic rings. The molecule has 0 heterocycles. The maximum atomic E-state index is 5.99. The highest BCUT2D eigenvalue weighted by atomic mass is 31.1. The molecule has 0 fully saturated rings. The van der Waals surface area contributed by atoms with E-state index >= 15 is 0 Å². The lowest BCUT2D eigenvalue weighted by molar-refractivity contribution is 0.0514.